The largest absolute Gasteiger partial charge is 0.440 e. The van der Waals surface area contributed by atoms with Crippen LogP contribution in [-0.2, 0) is 9.47 Å². The molecule has 6 aliphatic rings. The number of aliphatic hydroxyl groups is 2. The molecular weight excluding hydrogens is 466 g/mol. The van der Waals surface area contributed by atoms with E-state index in [0.717, 1.165) is 31.6 Å². The van der Waals surface area contributed by atoms with Crippen LogP contribution in [0.15, 0.2) is 0 Å². The fraction of sp³-hybridized carbons (Fsp3) is 0.968. The molecule has 5 saturated carbocycles. The van der Waals surface area contributed by atoms with Gasteiger partial charge in [0.1, 0.15) is 0 Å². The zero-order valence-electron chi connectivity index (χ0n) is 24.3. The van der Waals surface area contributed by atoms with Gasteiger partial charge in [0, 0.05) is 14.1 Å². The molecule has 1 amide bonds. The quantitative estimate of drug-likeness (QED) is 0.525. The number of rotatable bonds is 3. The minimum absolute atomic E-state index is 0.0313. The van der Waals surface area contributed by atoms with Crippen molar-refractivity contribution in [2.24, 2.45) is 45.3 Å². The first-order valence-electron chi connectivity index (χ1n) is 15.1. The van der Waals surface area contributed by atoms with Gasteiger partial charge in [0.2, 0.25) is 0 Å². The summed E-state index contributed by atoms with van der Waals surface area (Å²) < 4.78 is 12.6. The third-order valence-corrected chi connectivity index (χ3v) is 13.2. The smallest absolute Gasteiger partial charge is 0.409 e. The monoisotopic (exact) mass is 517 g/mol. The van der Waals surface area contributed by atoms with Crippen LogP contribution in [0.25, 0.3) is 0 Å². The van der Waals surface area contributed by atoms with E-state index in [0.29, 0.717) is 34.0 Å². The second kappa shape index (κ2) is 8.10. The second-order valence-corrected chi connectivity index (χ2v) is 15.7. The summed E-state index contributed by atoms with van der Waals surface area (Å²) in [5.74, 6) is 2.68. The highest BCUT2D eigenvalue weighted by molar-refractivity contribution is 5.67. The van der Waals surface area contributed by atoms with E-state index in [4.69, 9.17) is 9.47 Å². The summed E-state index contributed by atoms with van der Waals surface area (Å²) >= 11 is 0. The van der Waals surface area contributed by atoms with Gasteiger partial charge in [-0.3, -0.25) is 0 Å². The number of carbonyl (C=O) groups excluding carboxylic acids is 1. The lowest BCUT2D eigenvalue weighted by Gasteiger charge is -2.59. The first kappa shape index (κ1) is 26.4. The van der Waals surface area contributed by atoms with Crippen LogP contribution in [0.1, 0.15) is 98.8 Å². The lowest BCUT2D eigenvalue weighted by Crippen LogP contribution is -2.55. The zero-order valence-corrected chi connectivity index (χ0v) is 24.3. The summed E-state index contributed by atoms with van der Waals surface area (Å²) in [5.41, 5.74) is 0.129. The molecule has 8 unspecified atom stereocenters. The van der Waals surface area contributed by atoms with Crippen LogP contribution >= 0.6 is 0 Å². The fourth-order valence-corrected chi connectivity index (χ4v) is 11.4. The number of hydrogen-bond acceptors (Lipinski definition) is 5. The standard InChI is InChI=1S/C31H51NO5/c1-27(2)23-11-9-18-20-16-22-19(8-10-21(36-22)25(28(3,4)35)37-26(34)32(6)7)29(20,5)14-15-30(18)17-31(23,30)13-12-24(27)33/h18-25,33,35H,8-17H2,1-7H3/t18?,19?,20?,21?,22?,23?,24-,25-,29?,30-,31?/m0/s1. The molecule has 2 N–H and O–H groups in total. The average molecular weight is 518 g/mol. The lowest BCUT2D eigenvalue weighted by atomic mass is 9.46. The van der Waals surface area contributed by atoms with Gasteiger partial charge in [0.05, 0.1) is 23.9 Å². The van der Waals surface area contributed by atoms with E-state index in [1.807, 2.05) is 0 Å². The van der Waals surface area contributed by atoms with Crippen LogP contribution in [0.2, 0.25) is 0 Å². The molecule has 1 saturated heterocycles. The molecule has 210 valence electrons. The molecule has 0 aromatic rings. The number of fused-ring (bicyclic) bond motifs is 4. The Hall–Kier alpha value is -0.850. The topological polar surface area (TPSA) is 79.2 Å². The Kier molecular flexibility index (Phi) is 5.77. The summed E-state index contributed by atoms with van der Waals surface area (Å²) in [6.45, 7) is 10.7. The maximum atomic E-state index is 12.4. The van der Waals surface area contributed by atoms with Crippen molar-refractivity contribution in [3.05, 3.63) is 0 Å². The van der Waals surface area contributed by atoms with Gasteiger partial charge in [-0.2, -0.15) is 0 Å². The van der Waals surface area contributed by atoms with Gasteiger partial charge in [-0.1, -0.05) is 20.8 Å². The fourth-order valence-electron chi connectivity index (χ4n) is 11.4. The van der Waals surface area contributed by atoms with Crippen molar-refractivity contribution in [2.45, 2.75) is 129 Å². The third kappa shape index (κ3) is 3.49. The summed E-state index contributed by atoms with van der Waals surface area (Å²) in [7, 11) is 3.35. The zero-order chi connectivity index (χ0) is 26.8. The molecule has 6 heteroatoms. The highest BCUT2D eigenvalue weighted by Crippen LogP contribution is 2.87. The molecule has 5 aliphatic carbocycles. The molecule has 1 aliphatic heterocycles. The highest BCUT2D eigenvalue weighted by Gasteiger charge is 2.80. The van der Waals surface area contributed by atoms with Crippen LogP contribution in [0.3, 0.4) is 0 Å². The molecule has 6 nitrogen and oxygen atoms in total. The number of aliphatic hydroxyl groups excluding tert-OH is 1. The van der Waals surface area contributed by atoms with Crippen molar-refractivity contribution in [1.82, 2.24) is 4.90 Å². The van der Waals surface area contributed by atoms with Crippen molar-refractivity contribution in [1.29, 1.82) is 0 Å². The molecule has 6 fully saturated rings. The van der Waals surface area contributed by atoms with Gasteiger partial charge in [-0.15, -0.1) is 0 Å². The van der Waals surface area contributed by atoms with Crippen molar-refractivity contribution in [3.8, 4) is 0 Å². The molecule has 1 heterocycles. The average Bonchev–Trinajstić information content (AvgIpc) is 3.39. The van der Waals surface area contributed by atoms with E-state index in [1.54, 1.807) is 27.9 Å². The molecular formula is C31H51NO5. The molecule has 11 atom stereocenters. The number of carbonyl (C=O) groups is 1. The molecule has 0 bridgehead atoms. The van der Waals surface area contributed by atoms with Crippen LogP contribution in [-0.4, -0.2) is 65.3 Å². The SMILES string of the molecule is CN(C)C(=O)O[C@@H](C1CCC2C(CC3C4CCC5C(C)(C)[C@@H](O)CCC56C[C@@]46CCC23C)O1)C(C)(C)O. The van der Waals surface area contributed by atoms with E-state index in [2.05, 4.69) is 20.8 Å². The van der Waals surface area contributed by atoms with Gasteiger partial charge in [0.25, 0.3) is 0 Å². The minimum atomic E-state index is -1.17. The summed E-state index contributed by atoms with van der Waals surface area (Å²) in [6.07, 6.45) is 10.5. The highest BCUT2D eigenvalue weighted by atomic mass is 16.6. The minimum Gasteiger partial charge on any atom is -0.440 e. The Morgan fingerprint density at radius 2 is 1.68 bits per heavy atom. The van der Waals surface area contributed by atoms with Crippen LogP contribution in [0.5, 0.6) is 0 Å². The lowest BCUT2D eigenvalue weighted by molar-refractivity contribution is -0.179. The van der Waals surface area contributed by atoms with Crippen molar-refractivity contribution in [3.63, 3.8) is 0 Å². The Balaban J connectivity index is 1.23. The third-order valence-electron chi connectivity index (χ3n) is 13.2. The second-order valence-electron chi connectivity index (χ2n) is 15.7. The Bertz CT molecular complexity index is 942. The van der Waals surface area contributed by atoms with Gasteiger partial charge in [-0.05, 0) is 123 Å². The first-order chi connectivity index (χ1) is 17.2. The summed E-state index contributed by atoms with van der Waals surface area (Å²) in [6, 6.07) is 0. The number of nitrogens with zero attached hydrogens (tertiary/aromatic N) is 1. The maximum Gasteiger partial charge on any atom is 0.409 e. The van der Waals surface area contributed by atoms with Crippen LogP contribution in [0.4, 0.5) is 4.79 Å². The van der Waals surface area contributed by atoms with E-state index in [9.17, 15) is 15.0 Å². The molecule has 37 heavy (non-hydrogen) atoms. The van der Waals surface area contributed by atoms with Crippen molar-refractivity contribution >= 4 is 6.09 Å². The van der Waals surface area contributed by atoms with E-state index >= 15 is 0 Å². The van der Waals surface area contributed by atoms with Gasteiger partial charge < -0.3 is 24.6 Å². The predicted octanol–water partition coefficient (Wildman–Crippen LogP) is 5.39. The van der Waals surface area contributed by atoms with Gasteiger partial charge >= 0.3 is 6.09 Å². The molecule has 0 aromatic heterocycles. The molecule has 2 spiro atoms. The maximum absolute atomic E-state index is 12.4. The van der Waals surface area contributed by atoms with E-state index < -0.39 is 17.8 Å². The normalized spacial score (nSPS) is 50.5. The van der Waals surface area contributed by atoms with E-state index in [-0.39, 0.29) is 23.7 Å². The first-order valence-corrected chi connectivity index (χ1v) is 15.1. The van der Waals surface area contributed by atoms with Crippen LogP contribution in [0, 0.1) is 45.3 Å². The Morgan fingerprint density at radius 3 is 2.35 bits per heavy atom. The van der Waals surface area contributed by atoms with Crippen LogP contribution < -0.4 is 0 Å². The number of ether oxygens (including phenoxy) is 2. The van der Waals surface area contributed by atoms with Gasteiger partial charge in [-0.25, -0.2) is 4.79 Å². The van der Waals surface area contributed by atoms with Gasteiger partial charge in [0.15, 0.2) is 6.10 Å². The molecule has 6 rings (SSSR count). The predicted molar refractivity (Wildman–Crippen MR) is 142 cm³/mol. The van der Waals surface area contributed by atoms with Crippen molar-refractivity contribution < 1.29 is 24.5 Å². The number of hydrogen-bond donors (Lipinski definition) is 2. The molecule has 0 radical (unpaired) electrons. The van der Waals surface area contributed by atoms with Crippen molar-refractivity contribution in [2.75, 3.05) is 14.1 Å². The van der Waals surface area contributed by atoms with E-state index in [1.165, 1.54) is 43.4 Å². The summed E-state index contributed by atoms with van der Waals surface area (Å²) in [4.78, 5) is 13.8. The Labute approximate surface area is 223 Å². The number of amides is 1. The molecule has 0 aromatic carbocycles. The Morgan fingerprint density at radius 1 is 0.973 bits per heavy atom. The summed E-state index contributed by atoms with van der Waals surface area (Å²) in [5, 5.41) is 21.8.